The van der Waals surface area contributed by atoms with Crippen LogP contribution in [0.3, 0.4) is 0 Å². The second-order valence-electron chi connectivity index (χ2n) is 8.31. The summed E-state index contributed by atoms with van der Waals surface area (Å²) in [6.45, 7) is 2.19. The molecule has 0 spiro atoms. The number of carbonyl (C=O) groups is 3. The van der Waals surface area contributed by atoms with Gasteiger partial charge >= 0.3 is 0 Å². The van der Waals surface area contributed by atoms with Crippen LogP contribution < -0.4 is 4.90 Å². The maximum absolute atomic E-state index is 13.0. The molecule has 0 aliphatic carbocycles. The van der Waals surface area contributed by atoms with Gasteiger partial charge in [-0.15, -0.1) is 0 Å². The van der Waals surface area contributed by atoms with Gasteiger partial charge in [-0.3, -0.25) is 19.3 Å². The SMILES string of the molecule is O=C(CN1C(=O)SC(=Cc2cc(Br)c(Sc3ccc(Cl)cc3)o2)C1=O)N1CCN(c2ccccc2)CC1. The summed E-state index contributed by atoms with van der Waals surface area (Å²) in [6, 6.07) is 19.1. The van der Waals surface area contributed by atoms with Crippen LogP contribution >= 0.6 is 51.1 Å². The van der Waals surface area contributed by atoms with Crippen molar-refractivity contribution in [3.8, 4) is 0 Å². The minimum Gasteiger partial charge on any atom is -0.449 e. The summed E-state index contributed by atoms with van der Waals surface area (Å²) in [7, 11) is 0. The summed E-state index contributed by atoms with van der Waals surface area (Å²) in [5, 5.41) is 0.790. The number of carbonyl (C=O) groups excluding carboxylic acids is 3. The quantitative estimate of drug-likeness (QED) is 0.303. The summed E-state index contributed by atoms with van der Waals surface area (Å²) in [6.07, 6.45) is 1.53. The van der Waals surface area contributed by atoms with E-state index in [2.05, 4.69) is 20.8 Å². The van der Waals surface area contributed by atoms with E-state index < -0.39 is 11.1 Å². The van der Waals surface area contributed by atoms with Gasteiger partial charge < -0.3 is 14.2 Å². The van der Waals surface area contributed by atoms with Crippen molar-refractivity contribution in [1.82, 2.24) is 9.80 Å². The van der Waals surface area contributed by atoms with Crippen LogP contribution in [-0.4, -0.2) is 59.6 Å². The van der Waals surface area contributed by atoms with Gasteiger partial charge in [0.05, 0.1) is 9.38 Å². The standard InChI is InChI=1S/C26H21BrClN3O4S2/c27-21-14-19(35-25(21)36-20-8-6-17(28)7-9-20)15-22-24(33)31(26(34)37-22)16-23(32)30-12-10-29(11-13-30)18-4-2-1-3-5-18/h1-9,14-15H,10-13,16H2. The lowest BCUT2D eigenvalue weighted by molar-refractivity contribution is -0.136. The van der Waals surface area contributed by atoms with Crippen LogP contribution in [0.2, 0.25) is 5.02 Å². The Morgan fingerprint density at radius 3 is 2.46 bits per heavy atom. The van der Waals surface area contributed by atoms with Crippen molar-refractivity contribution in [3.63, 3.8) is 0 Å². The first kappa shape index (κ1) is 26.0. The number of hydrogen-bond acceptors (Lipinski definition) is 7. The number of furan rings is 1. The molecule has 1 aromatic heterocycles. The molecule has 2 aromatic carbocycles. The van der Waals surface area contributed by atoms with Gasteiger partial charge in [-0.2, -0.15) is 0 Å². The minimum atomic E-state index is -0.495. The molecule has 7 nitrogen and oxygen atoms in total. The van der Waals surface area contributed by atoms with E-state index in [4.69, 9.17) is 16.0 Å². The zero-order valence-corrected chi connectivity index (χ0v) is 23.4. The number of piperazine rings is 1. The fourth-order valence-corrected chi connectivity index (χ4v) is 6.25. The van der Waals surface area contributed by atoms with Crippen molar-refractivity contribution in [2.24, 2.45) is 0 Å². The van der Waals surface area contributed by atoms with Crippen molar-refractivity contribution in [3.05, 3.63) is 80.8 Å². The minimum absolute atomic E-state index is 0.219. The number of imide groups is 1. The predicted octanol–water partition coefficient (Wildman–Crippen LogP) is 6.23. The second kappa shape index (κ2) is 11.4. The molecular weight excluding hydrogens is 598 g/mol. The molecule has 37 heavy (non-hydrogen) atoms. The van der Waals surface area contributed by atoms with Crippen LogP contribution in [0.4, 0.5) is 10.5 Å². The van der Waals surface area contributed by atoms with Crippen LogP contribution in [0, 0.1) is 0 Å². The molecule has 3 heterocycles. The van der Waals surface area contributed by atoms with Gasteiger partial charge in [-0.25, -0.2) is 0 Å². The molecule has 2 aliphatic heterocycles. The molecular formula is C26H21BrClN3O4S2. The lowest BCUT2D eigenvalue weighted by Crippen LogP contribution is -2.51. The van der Waals surface area contributed by atoms with Crippen LogP contribution in [0.15, 0.2) is 84.4 Å². The van der Waals surface area contributed by atoms with E-state index in [0.29, 0.717) is 42.1 Å². The highest BCUT2D eigenvalue weighted by Crippen LogP contribution is 2.38. The second-order valence-corrected chi connectivity index (χ2v) is 11.6. The lowest BCUT2D eigenvalue weighted by atomic mass is 10.2. The highest BCUT2D eigenvalue weighted by Gasteiger charge is 2.37. The van der Waals surface area contributed by atoms with Gasteiger partial charge in [-0.1, -0.05) is 41.6 Å². The van der Waals surface area contributed by atoms with Crippen LogP contribution in [0.1, 0.15) is 5.76 Å². The Hall–Kier alpha value is -2.66. The zero-order valence-electron chi connectivity index (χ0n) is 19.4. The summed E-state index contributed by atoms with van der Waals surface area (Å²) < 4.78 is 6.61. The van der Waals surface area contributed by atoms with E-state index in [9.17, 15) is 14.4 Å². The maximum Gasteiger partial charge on any atom is 0.294 e. The van der Waals surface area contributed by atoms with E-state index in [-0.39, 0.29) is 17.4 Å². The topological polar surface area (TPSA) is 74.1 Å². The van der Waals surface area contributed by atoms with Crippen LogP contribution in [0.5, 0.6) is 0 Å². The highest BCUT2D eigenvalue weighted by atomic mass is 79.9. The Kier molecular flexibility index (Phi) is 7.99. The molecule has 11 heteroatoms. The first-order chi connectivity index (χ1) is 17.9. The fraction of sp³-hybridized carbons (Fsp3) is 0.192. The van der Waals surface area contributed by atoms with E-state index in [1.807, 2.05) is 42.5 Å². The number of amides is 3. The first-order valence-electron chi connectivity index (χ1n) is 11.4. The van der Waals surface area contributed by atoms with Crippen molar-refractivity contribution < 1.29 is 18.8 Å². The van der Waals surface area contributed by atoms with Crippen molar-refractivity contribution in [2.45, 2.75) is 9.99 Å². The molecule has 2 saturated heterocycles. The first-order valence-corrected chi connectivity index (χ1v) is 14.2. The van der Waals surface area contributed by atoms with Gasteiger partial charge in [0, 0.05) is 47.9 Å². The molecule has 3 amide bonds. The fourth-order valence-electron chi connectivity index (χ4n) is 3.97. The molecule has 0 N–H and O–H groups in total. The molecule has 0 unspecified atom stereocenters. The predicted molar refractivity (Wildman–Crippen MR) is 150 cm³/mol. The van der Waals surface area contributed by atoms with E-state index >= 15 is 0 Å². The molecule has 190 valence electrons. The normalized spacial score (nSPS) is 17.2. The number of para-hydroxylation sites is 1. The molecule has 2 aliphatic rings. The summed E-state index contributed by atoms with van der Waals surface area (Å²) in [5.74, 6) is -0.304. The van der Waals surface area contributed by atoms with Crippen molar-refractivity contribution in [1.29, 1.82) is 0 Å². The third kappa shape index (κ3) is 6.09. The van der Waals surface area contributed by atoms with E-state index in [1.54, 1.807) is 23.1 Å². The Morgan fingerprint density at radius 1 is 1.05 bits per heavy atom. The number of rotatable bonds is 6. The van der Waals surface area contributed by atoms with Crippen molar-refractivity contribution in [2.75, 3.05) is 37.6 Å². The van der Waals surface area contributed by atoms with Gasteiger partial charge in [0.25, 0.3) is 11.1 Å². The van der Waals surface area contributed by atoms with Crippen molar-refractivity contribution >= 4 is 79.9 Å². The molecule has 5 rings (SSSR count). The summed E-state index contributed by atoms with van der Waals surface area (Å²) >= 11 is 11.6. The average Bonchev–Trinajstić information content (AvgIpc) is 3.38. The number of nitrogens with zero attached hydrogens (tertiary/aromatic N) is 3. The zero-order chi connectivity index (χ0) is 25.9. The monoisotopic (exact) mass is 617 g/mol. The van der Waals surface area contributed by atoms with Gasteiger partial charge in [0.1, 0.15) is 12.3 Å². The number of halogens is 2. The van der Waals surface area contributed by atoms with Gasteiger partial charge in [-0.05, 0) is 70.2 Å². The molecule has 2 fully saturated rings. The van der Waals surface area contributed by atoms with Gasteiger partial charge in [0.15, 0.2) is 5.09 Å². The van der Waals surface area contributed by atoms with E-state index in [0.717, 1.165) is 31.7 Å². The Labute approximate surface area is 235 Å². The maximum atomic E-state index is 13.0. The van der Waals surface area contributed by atoms with Gasteiger partial charge in [0.2, 0.25) is 5.91 Å². The van der Waals surface area contributed by atoms with E-state index in [1.165, 1.54) is 17.8 Å². The number of anilines is 1. The molecule has 0 atom stereocenters. The van der Waals surface area contributed by atoms with Crippen LogP contribution in [0.25, 0.3) is 6.08 Å². The molecule has 3 aromatic rings. The summed E-state index contributed by atoms with van der Waals surface area (Å²) in [4.78, 5) is 44.5. The average molecular weight is 619 g/mol. The number of thioether (sulfide) groups is 1. The molecule has 0 radical (unpaired) electrons. The molecule has 0 bridgehead atoms. The third-order valence-electron chi connectivity index (χ3n) is 5.89. The molecule has 0 saturated carbocycles. The smallest absolute Gasteiger partial charge is 0.294 e. The number of benzene rings is 2. The summed E-state index contributed by atoms with van der Waals surface area (Å²) in [5.41, 5.74) is 1.12. The Balaban J connectivity index is 1.20. The third-order valence-corrected chi connectivity index (χ3v) is 8.90. The Bertz CT molecular complexity index is 1360. The Morgan fingerprint density at radius 2 is 1.76 bits per heavy atom. The van der Waals surface area contributed by atoms with Crippen LogP contribution in [-0.2, 0) is 9.59 Å². The largest absolute Gasteiger partial charge is 0.449 e. The number of hydrogen-bond donors (Lipinski definition) is 0. The highest BCUT2D eigenvalue weighted by molar-refractivity contribution is 9.10. The lowest BCUT2D eigenvalue weighted by Gasteiger charge is -2.36.